The predicted octanol–water partition coefficient (Wildman–Crippen LogP) is 6.57. The summed E-state index contributed by atoms with van der Waals surface area (Å²) in [7, 11) is 0. The van der Waals surface area contributed by atoms with Crippen LogP contribution < -0.4 is 5.32 Å². The summed E-state index contributed by atoms with van der Waals surface area (Å²) in [5.41, 5.74) is 1.75. The van der Waals surface area contributed by atoms with Crippen molar-refractivity contribution in [3.05, 3.63) is 80.5 Å². The Kier molecular flexibility index (Phi) is 6.33. The monoisotopic (exact) mass is 449 g/mol. The molecule has 0 aliphatic carbocycles. The van der Waals surface area contributed by atoms with Gasteiger partial charge < -0.3 is 14.8 Å². The quantitative estimate of drug-likeness (QED) is 0.431. The first-order chi connectivity index (χ1) is 13.7. The van der Waals surface area contributed by atoms with E-state index in [1.165, 1.54) is 24.3 Å². The van der Waals surface area contributed by atoms with E-state index < -0.39 is 11.9 Å². The number of anilines is 1. The summed E-state index contributed by atoms with van der Waals surface area (Å²) in [4.78, 5) is 23.3. The van der Waals surface area contributed by atoms with E-state index in [0.29, 0.717) is 16.5 Å². The van der Waals surface area contributed by atoms with Crippen LogP contribution in [-0.4, -0.2) is 17.0 Å². The Morgan fingerprint density at radius 2 is 1.76 bits per heavy atom. The number of hydrogen-bond donors (Lipinski definition) is 2. The van der Waals surface area contributed by atoms with Gasteiger partial charge in [0.25, 0.3) is 0 Å². The van der Waals surface area contributed by atoms with E-state index in [1.807, 2.05) is 19.1 Å². The zero-order valence-electron chi connectivity index (χ0n) is 15.0. The second-order valence-corrected chi connectivity index (χ2v) is 7.33. The van der Waals surface area contributed by atoms with Crippen molar-refractivity contribution in [2.45, 2.75) is 6.92 Å². The fourth-order valence-corrected chi connectivity index (χ4v) is 3.18. The third-order valence-corrected chi connectivity index (χ3v) is 5.06. The van der Waals surface area contributed by atoms with E-state index in [2.05, 4.69) is 5.32 Å². The van der Waals surface area contributed by atoms with Crippen LogP contribution in [-0.2, 0) is 4.79 Å². The zero-order chi connectivity index (χ0) is 21.1. The summed E-state index contributed by atoms with van der Waals surface area (Å²) in [6, 6.07) is 11.5. The molecular weight excluding hydrogens is 437 g/mol. The molecule has 0 bridgehead atoms. The first-order valence-corrected chi connectivity index (χ1v) is 9.46. The summed E-state index contributed by atoms with van der Waals surface area (Å²) in [5, 5.41) is 12.4. The Morgan fingerprint density at radius 1 is 1.00 bits per heavy atom. The van der Waals surface area contributed by atoms with Crippen molar-refractivity contribution < 1.29 is 19.1 Å². The van der Waals surface area contributed by atoms with Crippen molar-refractivity contribution >= 4 is 58.4 Å². The largest absolute Gasteiger partial charge is 0.478 e. The lowest BCUT2D eigenvalue weighted by Gasteiger charge is -2.07. The maximum absolute atomic E-state index is 12.2. The molecule has 0 saturated heterocycles. The van der Waals surface area contributed by atoms with Crippen molar-refractivity contribution in [2.75, 3.05) is 5.32 Å². The number of benzene rings is 2. The lowest BCUT2D eigenvalue weighted by Crippen LogP contribution is -2.09. The molecule has 0 aliphatic rings. The van der Waals surface area contributed by atoms with Crippen molar-refractivity contribution in [2.24, 2.45) is 0 Å². The second-order valence-electron chi connectivity index (χ2n) is 6.11. The molecule has 2 aromatic carbocycles. The number of carboxylic acid groups (broad SMARTS) is 1. The van der Waals surface area contributed by atoms with Crippen molar-refractivity contribution in [1.29, 1.82) is 0 Å². The van der Waals surface area contributed by atoms with Crippen LogP contribution in [0.4, 0.5) is 5.69 Å². The molecule has 0 fully saturated rings. The molecule has 8 heteroatoms. The number of aromatic carboxylic acids is 1. The van der Waals surface area contributed by atoms with Gasteiger partial charge in [-0.1, -0.05) is 46.9 Å². The fraction of sp³-hybridized carbons (Fsp3) is 0.0476. The maximum Gasteiger partial charge on any atom is 0.337 e. The summed E-state index contributed by atoms with van der Waals surface area (Å²) in [6.07, 6.45) is 2.73. The van der Waals surface area contributed by atoms with Crippen LogP contribution in [0.3, 0.4) is 0 Å². The number of amides is 1. The van der Waals surface area contributed by atoms with Gasteiger partial charge in [-0.05, 0) is 48.9 Å². The molecule has 0 atom stereocenters. The topological polar surface area (TPSA) is 79.5 Å². The number of furan rings is 1. The van der Waals surface area contributed by atoms with Gasteiger partial charge >= 0.3 is 5.97 Å². The van der Waals surface area contributed by atoms with E-state index in [0.717, 1.165) is 11.1 Å². The van der Waals surface area contributed by atoms with Gasteiger partial charge in [0.05, 0.1) is 21.3 Å². The summed E-state index contributed by atoms with van der Waals surface area (Å²) >= 11 is 18.0. The number of hydrogen-bond acceptors (Lipinski definition) is 3. The smallest absolute Gasteiger partial charge is 0.337 e. The summed E-state index contributed by atoms with van der Waals surface area (Å²) < 4.78 is 5.71. The minimum atomic E-state index is -1.22. The highest BCUT2D eigenvalue weighted by molar-refractivity contribution is 6.38. The van der Waals surface area contributed by atoms with Crippen molar-refractivity contribution in [3.63, 3.8) is 0 Å². The fourth-order valence-electron chi connectivity index (χ4n) is 2.48. The number of carboxylic acids is 1. The molecule has 3 aromatic rings. The van der Waals surface area contributed by atoms with Crippen molar-refractivity contribution in [3.8, 4) is 11.3 Å². The highest BCUT2D eigenvalue weighted by Gasteiger charge is 2.14. The first kappa shape index (κ1) is 21.0. The van der Waals surface area contributed by atoms with E-state index in [9.17, 15) is 9.59 Å². The van der Waals surface area contributed by atoms with Crippen LogP contribution in [0.15, 0.2) is 53.0 Å². The van der Waals surface area contributed by atoms with Crippen LogP contribution in [0.25, 0.3) is 17.4 Å². The second kappa shape index (κ2) is 8.74. The minimum absolute atomic E-state index is 0.0182. The van der Waals surface area contributed by atoms with Crippen LogP contribution in [0, 0.1) is 6.92 Å². The van der Waals surface area contributed by atoms with Crippen molar-refractivity contribution in [1.82, 2.24) is 0 Å². The van der Waals surface area contributed by atoms with Gasteiger partial charge in [-0.3, -0.25) is 4.79 Å². The first-order valence-electron chi connectivity index (χ1n) is 8.32. The Labute approximate surface area is 181 Å². The molecular formula is C21H14Cl3NO4. The van der Waals surface area contributed by atoms with E-state index >= 15 is 0 Å². The van der Waals surface area contributed by atoms with Gasteiger partial charge in [0, 0.05) is 16.7 Å². The lowest BCUT2D eigenvalue weighted by molar-refractivity contribution is -0.111. The number of halogens is 3. The average molecular weight is 451 g/mol. The Bertz CT molecular complexity index is 1130. The number of aryl methyl sites for hydroxylation is 1. The Balaban J connectivity index is 1.73. The zero-order valence-corrected chi connectivity index (χ0v) is 17.3. The molecule has 0 aliphatic heterocycles. The van der Waals surface area contributed by atoms with Gasteiger partial charge in [-0.25, -0.2) is 4.79 Å². The molecule has 2 N–H and O–H groups in total. The standard InChI is InChI=1S/C21H14Cl3NO4/c1-11-2-3-12(8-15(11)22)19-6-4-13(29-19)5-7-20(26)25-18-9-14(21(27)28)16(23)10-17(18)24/h2-10H,1H3,(H,25,26)(H,27,28)/b7-5+. The van der Waals surface area contributed by atoms with Gasteiger partial charge in [0.2, 0.25) is 5.91 Å². The molecule has 1 amide bonds. The molecule has 5 nitrogen and oxygen atoms in total. The Hall–Kier alpha value is -2.73. The third kappa shape index (κ3) is 5.01. The molecule has 0 radical (unpaired) electrons. The van der Waals surface area contributed by atoms with Crippen LogP contribution in [0.2, 0.25) is 15.1 Å². The van der Waals surface area contributed by atoms with Crippen LogP contribution in [0.1, 0.15) is 21.7 Å². The lowest BCUT2D eigenvalue weighted by atomic mass is 10.1. The number of rotatable bonds is 5. The van der Waals surface area contributed by atoms with E-state index in [4.69, 9.17) is 44.3 Å². The van der Waals surface area contributed by atoms with Gasteiger partial charge in [0.1, 0.15) is 11.5 Å². The molecule has 1 heterocycles. The van der Waals surface area contributed by atoms with E-state index in [1.54, 1.807) is 18.2 Å². The minimum Gasteiger partial charge on any atom is -0.478 e. The SMILES string of the molecule is Cc1ccc(-c2ccc(/C=C/C(=O)Nc3cc(C(=O)O)c(Cl)cc3Cl)o2)cc1Cl. The highest BCUT2D eigenvalue weighted by Crippen LogP contribution is 2.30. The molecule has 148 valence electrons. The molecule has 0 spiro atoms. The third-order valence-electron chi connectivity index (χ3n) is 4.03. The summed E-state index contributed by atoms with van der Waals surface area (Å²) in [6.45, 7) is 1.91. The van der Waals surface area contributed by atoms with Gasteiger partial charge in [-0.2, -0.15) is 0 Å². The maximum atomic E-state index is 12.2. The number of carbonyl (C=O) groups is 2. The van der Waals surface area contributed by atoms with Crippen LogP contribution >= 0.6 is 34.8 Å². The van der Waals surface area contributed by atoms with Gasteiger partial charge in [0.15, 0.2) is 0 Å². The normalized spacial score (nSPS) is 11.0. The van der Waals surface area contributed by atoms with Gasteiger partial charge in [-0.15, -0.1) is 0 Å². The summed E-state index contributed by atoms with van der Waals surface area (Å²) in [5.74, 6) is -0.669. The van der Waals surface area contributed by atoms with Crippen LogP contribution in [0.5, 0.6) is 0 Å². The molecule has 1 aromatic heterocycles. The van der Waals surface area contributed by atoms with E-state index in [-0.39, 0.29) is 21.3 Å². The average Bonchev–Trinajstić information content (AvgIpc) is 3.13. The molecule has 3 rings (SSSR count). The molecule has 0 saturated carbocycles. The predicted molar refractivity (Wildman–Crippen MR) is 115 cm³/mol. The highest BCUT2D eigenvalue weighted by atomic mass is 35.5. The molecule has 29 heavy (non-hydrogen) atoms. The molecule has 0 unspecified atom stereocenters. The Morgan fingerprint density at radius 3 is 2.45 bits per heavy atom. The number of carbonyl (C=O) groups excluding carboxylic acids is 1. The number of nitrogens with one attached hydrogen (secondary N) is 1.